The molecule has 106 valence electrons. The van der Waals surface area contributed by atoms with Crippen molar-refractivity contribution >= 4 is 33.2 Å². The third-order valence-electron chi connectivity index (χ3n) is 3.32. The molecular weight excluding hydrogens is 274 g/mol. The van der Waals surface area contributed by atoms with Crippen molar-refractivity contribution < 1.29 is 9.59 Å². The summed E-state index contributed by atoms with van der Waals surface area (Å²) in [4.78, 5) is 25.0. The molecule has 0 unspecified atom stereocenters. The average molecular weight is 287 g/mol. The van der Waals surface area contributed by atoms with Crippen LogP contribution in [0.1, 0.15) is 0 Å². The summed E-state index contributed by atoms with van der Waals surface area (Å²) in [6, 6.07) is 16.7. The van der Waals surface area contributed by atoms with E-state index in [-0.39, 0.29) is 11.6 Å². The Morgan fingerprint density at radius 3 is 1.95 bits per heavy atom. The van der Waals surface area contributed by atoms with Crippen LogP contribution in [0, 0.1) is 0 Å². The SMILES string of the molecule is O=C1C=CC(=O)C=C1.c1ccc2c(c1)ccc1cccnc12. The van der Waals surface area contributed by atoms with Crippen LogP contribution >= 0.6 is 0 Å². The Morgan fingerprint density at radius 2 is 1.23 bits per heavy atom. The lowest BCUT2D eigenvalue weighted by Crippen LogP contribution is -1.97. The number of hydrogen-bond donors (Lipinski definition) is 0. The largest absolute Gasteiger partial charge is 0.290 e. The first-order valence-electron chi connectivity index (χ1n) is 6.90. The van der Waals surface area contributed by atoms with Gasteiger partial charge in [0, 0.05) is 17.0 Å². The fraction of sp³-hybridized carbons (Fsp3) is 0. The summed E-state index contributed by atoms with van der Waals surface area (Å²) in [6.45, 7) is 0. The molecule has 1 aliphatic carbocycles. The maximum Gasteiger partial charge on any atom is 0.178 e. The molecule has 3 heteroatoms. The lowest BCUT2D eigenvalue weighted by atomic mass is 10.1. The van der Waals surface area contributed by atoms with E-state index in [2.05, 4.69) is 47.4 Å². The van der Waals surface area contributed by atoms with Crippen LogP contribution in [0.5, 0.6) is 0 Å². The smallest absolute Gasteiger partial charge is 0.178 e. The minimum Gasteiger partial charge on any atom is -0.290 e. The Kier molecular flexibility index (Phi) is 3.88. The lowest BCUT2D eigenvalue weighted by molar-refractivity contribution is -0.113. The highest BCUT2D eigenvalue weighted by molar-refractivity contribution is 6.14. The van der Waals surface area contributed by atoms with Gasteiger partial charge in [-0.1, -0.05) is 42.5 Å². The van der Waals surface area contributed by atoms with Gasteiger partial charge in [0.2, 0.25) is 0 Å². The highest BCUT2D eigenvalue weighted by atomic mass is 16.1. The first-order chi connectivity index (χ1) is 10.7. The van der Waals surface area contributed by atoms with Crippen molar-refractivity contribution in [1.29, 1.82) is 0 Å². The molecular formula is C19H13NO2. The van der Waals surface area contributed by atoms with Gasteiger partial charge < -0.3 is 0 Å². The van der Waals surface area contributed by atoms with Crippen LogP contribution in [-0.2, 0) is 9.59 Å². The molecule has 0 atom stereocenters. The normalized spacial score (nSPS) is 13.3. The monoisotopic (exact) mass is 287 g/mol. The van der Waals surface area contributed by atoms with E-state index in [4.69, 9.17) is 0 Å². The summed E-state index contributed by atoms with van der Waals surface area (Å²) in [7, 11) is 0. The quantitative estimate of drug-likeness (QED) is 0.468. The Balaban J connectivity index is 0.000000154. The second-order valence-electron chi connectivity index (χ2n) is 4.83. The zero-order valence-corrected chi connectivity index (χ0v) is 11.8. The Bertz CT molecular complexity index is 830. The van der Waals surface area contributed by atoms with Crippen molar-refractivity contribution in [3.63, 3.8) is 0 Å². The molecule has 1 aromatic heterocycles. The molecule has 3 aromatic rings. The van der Waals surface area contributed by atoms with Crippen molar-refractivity contribution in [2.24, 2.45) is 0 Å². The van der Waals surface area contributed by atoms with E-state index in [9.17, 15) is 9.59 Å². The minimum atomic E-state index is -0.121. The first kappa shape index (κ1) is 13.9. The summed E-state index contributed by atoms with van der Waals surface area (Å²) < 4.78 is 0. The molecule has 2 aromatic carbocycles. The van der Waals surface area contributed by atoms with Crippen molar-refractivity contribution in [2.75, 3.05) is 0 Å². The van der Waals surface area contributed by atoms with Crippen molar-refractivity contribution in [2.45, 2.75) is 0 Å². The second-order valence-corrected chi connectivity index (χ2v) is 4.83. The molecule has 3 nitrogen and oxygen atoms in total. The van der Waals surface area contributed by atoms with E-state index in [1.807, 2.05) is 12.3 Å². The van der Waals surface area contributed by atoms with Crippen LogP contribution in [0.2, 0.25) is 0 Å². The molecule has 0 fully saturated rings. The number of nitrogens with zero attached hydrogens (tertiary/aromatic N) is 1. The summed E-state index contributed by atoms with van der Waals surface area (Å²) in [5, 5.41) is 3.68. The van der Waals surface area contributed by atoms with Crippen LogP contribution in [-0.4, -0.2) is 16.6 Å². The number of carbonyl (C=O) groups is 2. The second kappa shape index (κ2) is 6.14. The number of pyridine rings is 1. The van der Waals surface area contributed by atoms with Crippen LogP contribution in [0.15, 0.2) is 79.0 Å². The van der Waals surface area contributed by atoms with Gasteiger partial charge in [-0.3, -0.25) is 14.6 Å². The Hall–Kier alpha value is -3.07. The van der Waals surface area contributed by atoms with E-state index < -0.39 is 0 Å². The number of allylic oxidation sites excluding steroid dienone is 4. The molecule has 0 amide bonds. The van der Waals surface area contributed by atoms with Crippen molar-refractivity contribution in [3.8, 4) is 0 Å². The third kappa shape index (κ3) is 2.99. The zero-order valence-electron chi connectivity index (χ0n) is 11.8. The molecule has 22 heavy (non-hydrogen) atoms. The highest BCUT2D eigenvalue weighted by Gasteiger charge is 1.99. The average Bonchev–Trinajstić information content (AvgIpc) is 2.58. The molecule has 4 rings (SSSR count). The van der Waals surface area contributed by atoms with Gasteiger partial charge in [-0.15, -0.1) is 0 Å². The molecule has 0 saturated heterocycles. The number of fused-ring (bicyclic) bond motifs is 3. The molecule has 0 bridgehead atoms. The molecule has 0 aliphatic heterocycles. The Labute approximate surface area is 127 Å². The predicted molar refractivity (Wildman–Crippen MR) is 87.5 cm³/mol. The van der Waals surface area contributed by atoms with Gasteiger partial charge in [0.1, 0.15) is 0 Å². The summed E-state index contributed by atoms with van der Waals surface area (Å²) in [6.07, 6.45) is 6.85. The van der Waals surface area contributed by atoms with Gasteiger partial charge in [-0.2, -0.15) is 0 Å². The molecule has 0 radical (unpaired) electrons. The molecule has 0 saturated carbocycles. The topological polar surface area (TPSA) is 47.0 Å². The van der Waals surface area contributed by atoms with Crippen molar-refractivity contribution in [1.82, 2.24) is 4.98 Å². The molecule has 0 spiro atoms. The molecule has 1 aliphatic rings. The third-order valence-corrected chi connectivity index (χ3v) is 3.32. The predicted octanol–water partition coefficient (Wildman–Crippen LogP) is 3.64. The van der Waals surface area contributed by atoms with Gasteiger partial charge in [0.25, 0.3) is 0 Å². The zero-order chi connectivity index (χ0) is 15.4. The van der Waals surface area contributed by atoms with Crippen LogP contribution < -0.4 is 0 Å². The van der Waals surface area contributed by atoms with Gasteiger partial charge in [-0.25, -0.2) is 0 Å². The van der Waals surface area contributed by atoms with Gasteiger partial charge in [0.15, 0.2) is 11.6 Å². The number of ketones is 2. The van der Waals surface area contributed by atoms with Gasteiger partial charge in [0.05, 0.1) is 5.52 Å². The summed E-state index contributed by atoms with van der Waals surface area (Å²) in [5.74, 6) is -0.241. The fourth-order valence-electron chi connectivity index (χ4n) is 2.25. The molecule has 0 N–H and O–H groups in total. The fourth-order valence-corrected chi connectivity index (χ4v) is 2.25. The number of benzene rings is 2. The summed E-state index contributed by atoms with van der Waals surface area (Å²) in [5.41, 5.74) is 1.09. The maximum absolute atomic E-state index is 10.3. The Morgan fingerprint density at radius 1 is 0.636 bits per heavy atom. The van der Waals surface area contributed by atoms with E-state index in [1.165, 1.54) is 40.5 Å². The number of rotatable bonds is 0. The first-order valence-corrected chi connectivity index (χ1v) is 6.90. The standard InChI is InChI=1S/C13H9N.C6H4O2/c1-2-6-12-10(4-1)7-8-11-5-3-9-14-13(11)12;7-5-1-2-6(8)4-3-5/h1-9H;1-4H. The van der Waals surface area contributed by atoms with Gasteiger partial charge in [-0.05, 0) is 35.8 Å². The van der Waals surface area contributed by atoms with E-state index in [0.717, 1.165) is 5.52 Å². The van der Waals surface area contributed by atoms with Crippen LogP contribution in [0.3, 0.4) is 0 Å². The highest BCUT2D eigenvalue weighted by Crippen LogP contribution is 2.22. The van der Waals surface area contributed by atoms with Crippen LogP contribution in [0.25, 0.3) is 21.7 Å². The van der Waals surface area contributed by atoms with Crippen molar-refractivity contribution in [3.05, 3.63) is 79.0 Å². The summed E-state index contributed by atoms with van der Waals surface area (Å²) >= 11 is 0. The van der Waals surface area contributed by atoms with Gasteiger partial charge >= 0.3 is 0 Å². The number of carbonyl (C=O) groups excluding carboxylic acids is 2. The van der Waals surface area contributed by atoms with E-state index in [0.29, 0.717) is 0 Å². The van der Waals surface area contributed by atoms with E-state index >= 15 is 0 Å². The van der Waals surface area contributed by atoms with E-state index in [1.54, 1.807) is 0 Å². The number of hydrogen-bond acceptors (Lipinski definition) is 3. The lowest BCUT2D eigenvalue weighted by Gasteiger charge is -2.01. The molecule has 1 heterocycles. The van der Waals surface area contributed by atoms with Crippen LogP contribution in [0.4, 0.5) is 0 Å². The maximum atomic E-state index is 10.3. The minimum absolute atomic E-state index is 0.121. The number of aromatic nitrogens is 1.